The highest BCUT2D eigenvalue weighted by atomic mass is 32.1. The van der Waals surface area contributed by atoms with Gasteiger partial charge in [-0.15, -0.1) is 11.3 Å². The molecule has 0 fully saturated rings. The molecule has 100 valence electrons. The molecule has 0 bridgehead atoms. The van der Waals surface area contributed by atoms with Crippen molar-refractivity contribution < 1.29 is 9.90 Å². The molecule has 19 heavy (non-hydrogen) atoms. The second-order valence-corrected chi connectivity index (χ2v) is 6.01. The minimum Gasteiger partial charge on any atom is -0.477 e. The van der Waals surface area contributed by atoms with Crippen molar-refractivity contribution in [2.45, 2.75) is 33.6 Å². The maximum Gasteiger partial charge on any atom is 0.347 e. The molecule has 1 N–H and O–H groups in total. The summed E-state index contributed by atoms with van der Waals surface area (Å²) in [5.74, 6) is -0.779. The number of benzene rings is 1. The number of hydrogen-bond acceptors (Lipinski definition) is 3. The van der Waals surface area contributed by atoms with E-state index in [1.165, 1.54) is 16.9 Å². The Balaban J connectivity index is 2.57. The van der Waals surface area contributed by atoms with Crippen molar-refractivity contribution in [3.05, 3.63) is 39.9 Å². The van der Waals surface area contributed by atoms with E-state index in [1.807, 2.05) is 39.8 Å². The van der Waals surface area contributed by atoms with Gasteiger partial charge in [-0.2, -0.15) is 0 Å². The van der Waals surface area contributed by atoms with Gasteiger partial charge in [-0.25, -0.2) is 9.78 Å². The number of aryl methyl sites for hydroxylation is 2. The van der Waals surface area contributed by atoms with E-state index in [4.69, 9.17) is 0 Å². The topological polar surface area (TPSA) is 50.2 Å². The van der Waals surface area contributed by atoms with E-state index < -0.39 is 5.97 Å². The fraction of sp³-hybridized carbons (Fsp3) is 0.333. The quantitative estimate of drug-likeness (QED) is 0.911. The van der Waals surface area contributed by atoms with Crippen molar-refractivity contribution in [3.8, 4) is 10.6 Å². The van der Waals surface area contributed by atoms with Crippen molar-refractivity contribution in [3.63, 3.8) is 0 Å². The fourth-order valence-corrected chi connectivity index (χ4v) is 3.19. The molecule has 0 spiro atoms. The van der Waals surface area contributed by atoms with Crippen LogP contribution in [0.15, 0.2) is 18.2 Å². The van der Waals surface area contributed by atoms with Gasteiger partial charge >= 0.3 is 5.97 Å². The van der Waals surface area contributed by atoms with Gasteiger partial charge in [-0.05, 0) is 25.3 Å². The van der Waals surface area contributed by atoms with Gasteiger partial charge in [0, 0.05) is 5.56 Å². The van der Waals surface area contributed by atoms with Gasteiger partial charge in [0.1, 0.15) is 9.88 Å². The zero-order valence-electron chi connectivity index (χ0n) is 11.5. The normalized spacial score (nSPS) is 11.0. The molecule has 0 unspecified atom stereocenters. The van der Waals surface area contributed by atoms with Crippen molar-refractivity contribution in [2.24, 2.45) is 0 Å². The van der Waals surface area contributed by atoms with E-state index >= 15 is 0 Å². The van der Waals surface area contributed by atoms with Gasteiger partial charge in [0.2, 0.25) is 0 Å². The number of carbonyl (C=O) groups is 1. The third-order valence-electron chi connectivity index (χ3n) is 3.01. The SMILES string of the molecule is Cc1ccc(-c2nc(C(C)C)c(C(=O)O)s2)c(C)c1. The van der Waals surface area contributed by atoms with Gasteiger partial charge < -0.3 is 5.11 Å². The van der Waals surface area contributed by atoms with Gasteiger partial charge in [-0.3, -0.25) is 0 Å². The lowest BCUT2D eigenvalue weighted by Crippen LogP contribution is -2.00. The summed E-state index contributed by atoms with van der Waals surface area (Å²) in [6.45, 7) is 8.00. The molecular weight excluding hydrogens is 258 g/mol. The highest BCUT2D eigenvalue weighted by Gasteiger charge is 2.20. The predicted octanol–water partition coefficient (Wildman–Crippen LogP) is 4.25. The van der Waals surface area contributed by atoms with Crippen molar-refractivity contribution in [2.75, 3.05) is 0 Å². The van der Waals surface area contributed by atoms with Crippen LogP contribution >= 0.6 is 11.3 Å². The number of aromatic nitrogens is 1. The van der Waals surface area contributed by atoms with Gasteiger partial charge in [0.05, 0.1) is 5.69 Å². The van der Waals surface area contributed by atoms with Crippen LogP contribution in [0.2, 0.25) is 0 Å². The first kappa shape index (κ1) is 13.7. The van der Waals surface area contributed by atoms with Crippen LogP contribution < -0.4 is 0 Å². The van der Waals surface area contributed by atoms with Gasteiger partial charge in [-0.1, -0.05) is 37.6 Å². The first-order chi connectivity index (χ1) is 8.90. The number of rotatable bonds is 3. The summed E-state index contributed by atoms with van der Waals surface area (Å²) < 4.78 is 0. The number of carboxylic acids is 1. The molecule has 0 aliphatic rings. The Bertz CT molecular complexity index is 629. The number of aromatic carboxylic acids is 1. The molecule has 0 aliphatic carbocycles. The summed E-state index contributed by atoms with van der Waals surface area (Å²) in [5.41, 5.74) is 4.01. The van der Waals surface area contributed by atoms with E-state index in [0.717, 1.165) is 16.1 Å². The molecular formula is C15H17NO2S. The summed E-state index contributed by atoms with van der Waals surface area (Å²) in [5, 5.41) is 10.0. The molecule has 0 amide bonds. The summed E-state index contributed by atoms with van der Waals surface area (Å²) in [7, 11) is 0. The average molecular weight is 275 g/mol. The molecule has 2 aromatic rings. The van der Waals surface area contributed by atoms with Gasteiger partial charge in [0.15, 0.2) is 0 Å². The van der Waals surface area contributed by atoms with Crippen LogP contribution in [0.25, 0.3) is 10.6 Å². The number of thiazole rings is 1. The lowest BCUT2D eigenvalue weighted by atomic mass is 10.1. The fourth-order valence-electron chi connectivity index (χ4n) is 2.05. The first-order valence-electron chi connectivity index (χ1n) is 6.21. The molecule has 0 saturated carbocycles. The van der Waals surface area contributed by atoms with Crippen molar-refractivity contribution >= 4 is 17.3 Å². The first-order valence-corrected chi connectivity index (χ1v) is 7.03. The zero-order chi connectivity index (χ0) is 14.2. The van der Waals surface area contributed by atoms with Crippen LogP contribution in [-0.4, -0.2) is 16.1 Å². The smallest absolute Gasteiger partial charge is 0.347 e. The van der Waals surface area contributed by atoms with Crippen LogP contribution in [0.1, 0.15) is 46.3 Å². The zero-order valence-corrected chi connectivity index (χ0v) is 12.3. The Morgan fingerprint density at radius 2 is 2.00 bits per heavy atom. The minimum atomic E-state index is -0.891. The van der Waals surface area contributed by atoms with Crippen LogP contribution in [0.4, 0.5) is 0 Å². The summed E-state index contributed by atoms with van der Waals surface area (Å²) in [6.07, 6.45) is 0. The third kappa shape index (κ3) is 2.68. The summed E-state index contributed by atoms with van der Waals surface area (Å²) in [4.78, 5) is 16.2. The Morgan fingerprint density at radius 3 is 2.47 bits per heavy atom. The summed E-state index contributed by atoms with van der Waals surface area (Å²) >= 11 is 1.26. The molecule has 1 heterocycles. The maximum atomic E-state index is 11.3. The average Bonchev–Trinajstić information content (AvgIpc) is 2.73. The van der Waals surface area contributed by atoms with E-state index in [9.17, 15) is 9.90 Å². The molecule has 0 radical (unpaired) electrons. The monoisotopic (exact) mass is 275 g/mol. The van der Waals surface area contributed by atoms with E-state index in [0.29, 0.717) is 10.6 Å². The lowest BCUT2D eigenvalue weighted by Gasteiger charge is -2.03. The van der Waals surface area contributed by atoms with Crippen LogP contribution in [0.3, 0.4) is 0 Å². The second-order valence-electron chi connectivity index (χ2n) is 5.01. The lowest BCUT2D eigenvalue weighted by molar-refractivity contribution is 0.0700. The van der Waals surface area contributed by atoms with Crippen LogP contribution in [0.5, 0.6) is 0 Å². The molecule has 0 aliphatic heterocycles. The van der Waals surface area contributed by atoms with Crippen molar-refractivity contribution in [1.29, 1.82) is 0 Å². The predicted molar refractivity (Wildman–Crippen MR) is 78.1 cm³/mol. The highest BCUT2D eigenvalue weighted by molar-refractivity contribution is 7.17. The van der Waals surface area contributed by atoms with Crippen molar-refractivity contribution in [1.82, 2.24) is 4.98 Å². The molecule has 0 saturated heterocycles. The van der Waals surface area contributed by atoms with Gasteiger partial charge in [0.25, 0.3) is 0 Å². The number of nitrogens with zero attached hydrogens (tertiary/aromatic N) is 1. The van der Waals surface area contributed by atoms with Crippen LogP contribution in [-0.2, 0) is 0 Å². The summed E-state index contributed by atoms with van der Waals surface area (Å²) in [6, 6.07) is 6.13. The second kappa shape index (κ2) is 5.13. The maximum absolute atomic E-state index is 11.3. The molecule has 3 nitrogen and oxygen atoms in total. The molecule has 0 atom stereocenters. The number of hydrogen-bond donors (Lipinski definition) is 1. The Labute approximate surface area is 116 Å². The molecule has 1 aromatic carbocycles. The Morgan fingerprint density at radius 1 is 1.32 bits per heavy atom. The van der Waals surface area contributed by atoms with E-state index in [1.54, 1.807) is 0 Å². The minimum absolute atomic E-state index is 0.113. The number of carboxylic acid groups (broad SMARTS) is 1. The van der Waals surface area contributed by atoms with Crippen LogP contribution in [0, 0.1) is 13.8 Å². The molecule has 1 aromatic heterocycles. The highest BCUT2D eigenvalue weighted by Crippen LogP contribution is 2.33. The largest absolute Gasteiger partial charge is 0.477 e. The molecule has 4 heteroatoms. The standard InChI is InChI=1S/C15H17NO2S/c1-8(2)12-13(15(17)18)19-14(16-12)11-6-5-9(3)7-10(11)4/h5-8H,1-4H3,(H,17,18). The van der Waals surface area contributed by atoms with E-state index in [2.05, 4.69) is 11.1 Å². The Hall–Kier alpha value is -1.68. The Kier molecular flexibility index (Phi) is 3.71. The van der Waals surface area contributed by atoms with E-state index in [-0.39, 0.29) is 5.92 Å². The molecule has 2 rings (SSSR count). The third-order valence-corrected chi connectivity index (χ3v) is 4.10.